The van der Waals surface area contributed by atoms with Crippen molar-refractivity contribution >= 4 is 5.91 Å². The first-order valence-corrected chi connectivity index (χ1v) is 5.58. The average Bonchev–Trinajstić information content (AvgIpc) is 2.26. The van der Waals surface area contributed by atoms with Crippen molar-refractivity contribution in [2.24, 2.45) is 5.73 Å². The van der Waals surface area contributed by atoms with Crippen LogP contribution in [0, 0.1) is 11.6 Å². The summed E-state index contributed by atoms with van der Waals surface area (Å²) in [5.74, 6) is -3.30. The van der Waals surface area contributed by atoms with Gasteiger partial charge in [0.05, 0.1) is 6.04 Å². The predicted molar refractivity (Wildman–Crippen MR) is 61.6 cm³/mol. The highest BCUT2D eigenvalue weighted by atomic mass is 19.4. The van der Waals surface area contributed by atoms with Crippen molar-refractivity contribution in [1.82, 2.24) is 5.32 Å². The van der Waals surface area contributed by atoms with E-state index in [4.69, 9.17) is 5.73 Å². The summed E-state index contributed by atoms with van der Waals surface area (Å²) in [6.45, 7) is 1.77. The van der Waals surface area contributed by atoms with Crippen molar-refractivity contribution < 1.29 is 26.7 Å². The lowest BCUT2D eigenvalue weighted by Gasteiger charge is -2.28. The van der Waals surface area contributed by atoms with Crippen LogP contribution in [0.4, 0.5) is 22.0 Å². The first kappa shape index (κ1) is 16.4. The van der Waals surface area contributed by atoms with E-state index in [2.05, 4.69) is 0 Å². The summed E-state index contributed by atoms with van der Waals surface area (Å²) in [4.78, 5) is 11.5. The molecule has 0 aromatic heterocycles. The summed E-state index contributed by atoms with van der Waals surface area (Å²) < 4.78 is 63.8. The predicted octanol–water partition coefficient (Wildman–Crippen LogP) is 2.42. The highest BCUT2D eigenvalue weighted by molar-refractivity contribution is 5.86. The number of carbonyl (C=O) groups is 1. The summed E-state index contributed by atoms with van der Waals surface area (Å²) in [6.07, 6.45) is -4.95. The molecule has 3 nitrogen and oxygen atoms in total. The molecule has 20 heavy (non-hydrogen) atoms. The second kappa shape index (κ2) is 5.35. The van der Waals surface area contributed by atoms with Gasteiger partial charge in [0.2, 0.25) is 5.91 Å². The Labute approximate surface area is 112 Å². The van der Waals surface area contributed by atoms with Crippen LogP contribution in [0.15, 0.2) is 18.2 Å². The number of amides is 1. The fraction of sp³-hybridized carbons (Fsp3) is 0.417. The van der Waals surface area contributed by atoms with Crippen LogP contribution >= 0.6 is 0 Å². The van der Waals surface area contributed by atoms with E-state index in [1.54, 1.807) is 0 Å². The van der Waals surface area contributed by atoms with E-state index < -0.39 is 35.3 Å². The maximum absolute atomic E-state index is 13.4. The highest BCUT2D eigenvalue weighted by Crippen LogP contribution is 2.29. The number of hydrogen-bond acceptors (Lipinski definition) is 2. The maximum atomic E-state index is 13.4. The summed E-state index contributed by atoms with van der Waals surface area (Å²) in [7, 11) is 0. The van der Waals surface area contributed by atoms with Gasteiger partial charge in [0.25, 0.3) is 0 Å². The van der Waals surface area contributed by atoms with Crippen LogP contribution in [-0.2, 0) is 4.79 Å². The molecule has 3 N–H and O–H groups in total. The first-order valence-electron chi connectivity index (χ1n) is 5.58. The van der Waals surface area contributed by atoms with E-state index in [0.29, 0.717) is 13.0 Å². The van der Waals surface area contributed by atoms with Gasteiger partial charge in [0.15, 0.2) is 5.54 Å². The molecule has 1 aromatic carbocycles. The van der Waals surface area contributed by atoms with Crippen LogP contribution in [0.25, 0.3) is 0 Å². The fourth-order valence-corrected chi connectivity index (χ4v) is 1.41. The molecule has 1 rings (SSSR count). The molecule has 0 heterocycles. The Hall–Kier alpha value is -1.70. The maximum Gasteiger partial charge on any atom is 0.415 e. The Balaban J connectivity index is 2.91. The Morgan fingerprint density at radius 2 is 1.85 bits per heavy atom. The Morgan fingerprint density at radius 1 is 1.30 bits per heavy atom. The quantitative estimate of drug-likeness (QED) is 0.842. The molecule has 2 unspecified atom stereocenters. The molecule has 0 aliphatic carbocycles. The Kier molecular flexibility index (Phi) is 4.38. The summed E-state index contributed by atoms with van der Waals surface area (Å²) in [5.41, 5.74) is 1.69. The van der Waals surface area contributed by atoms with Gasteiger partial charge < -0.3 is 11.1 Å². The van der Waals surface area contributed by atoms with Crippen molar-refractivity contribution in [2.75, 3.05) is 0 Å². The molecule has 1 aromatic rings. The number of alkyl halides is 3. The van der Waals surface area contributed by atoms with Crippen molar-refractivity contribution in [3.8, 4) is 0 Å². The molecule has 0 fully saturated rings. The van der Waals surface area contributed by atoms with Gasteiger partial charge in [-0.1, -0.05) is 6.07 Å². The molecule has 0 bridgehead atoms. The van der Waals surface area contributed by atoms with E-state index in [9.17, 15) is 26.7 Å². The van der Waals surface area contributed by atoms with Gasteiger partial charge in [-0.3, -0.25) is 4.79 Å². The van der Waals surface area contributed by atoms with Gasteiger partial charge in [0, 0.05) is 11.6 Å². The Morgan fingerprint density at radius 3 is 2.30 bits per heavy atom. The zero-order valence-electron chi connectivity index (χ0n) is 10.7. The molecule has 0 spiro atoms. The summed E-state index contributed by atoms with van der Waals surface area (Å²) >= 11 is 0. The summed E-state index contributed by atoms with van der Waals surface area (Å²) in [6, 6.07) is 1.46. The second-order valence-electron chi connectivity index (χ2n) is 4.56. The van der Waals surface area contributed by atoms with Crippen molar-refractivity contribution in [2.45, 2.75) is 31.6 Å². The number of benzene rings is 1. The largest absolute Gasteiger partial charge is 0.415 e. The zero-order chi connectivity index (χ0) is 15.7. The van der Waals surface area contributed by atoms with E-state index in [1.807, 2.05) is 5.32 Å². The lowest BCUT2D eigenvalue weighted by molar-refractivity contribution is -0.187. The molecule has 112 valence electrons. The molecular formula is C12H13F5N2O. The lowest BCUT2D eigenvalue weighted by atomic mass is 10.0. The SMILES string of the molecule is CC(NC(=O)C(C)(N)C(F)(F)F)c1ccc(F)cc1F. The lowest BCUT2D eigenvalue weighted by Crippen LogP contribution is -2.61. The van der Waals surface area contributed by atoms with Crippen LogP contribution in [-0.4, -0.2) is 17.6 Å². The molecule has 0 radical (unpaired) electrons. The van der Waals surface area contributed by atoms with E-state index in [-0.39, 0.29) is 5.56 Å². The molecule has 8 heteroatoms. The minimum absolute atomic E-state index is 0.141. The van der Waals surface area contributed by atoms with Crippen LogP contribution < -0.4 is 11.1 Å². The van der Waals surface area contributed by atoms with Gasteiger partial charge in [-0.25, -0.2) is 8.78 Å². The number of carbonyl (C=O) groups excluding carboxylic acids is 1. The molecule has 0 aliphatic rings. The Bertz CT molecular complexity index is 513. The molecule has 1 amide bonds. The van der Waals surface area contributed by atoms with E-state index in [1.165, 1.54) is 6.92 Å². The van der Waals surface area contributed by atoms with Gasteiger partial charge in [-0.2, -0.15) is 13.2 Å². The van der Waals surface area contributed by atoms with Gasteiger partial charge >= 0.3 is 6.18 Å². The highest BCUT2D eigenvalue weighted by Gasteiger charge is 2.54. The normalized spacial score (nSPS) is 16.4. The van der Waals surface area contributed by atoms with Crippen LogP contribution in [0.1, 0.15) is 25.5 Å². The average molecular weight is 296 g/mol. The molecular weight excluding hydrogens is 283 g/mol. The van der Waals surface area contributed by atoms with Gasteiger partial charge in [-0.05, 0) is 19.9 Å². The monoisotopic (exact) mass is 296 g/mol. The first-order chi connectivity index (χ1) is 8.96. The number of halogens is 5. The number of rotatable bonds is 3. The molecule has 0 aliphatic heterocycles. The molecule has 0 saturated heterocycles. The third-order valence-corrected chi connectivity index (χ3v) is 2.84. The fourth-order valence-electron chi connectivity index (χ4n) is 1.41. The van der Waals surface area contributed by atoms with Crippen molar-refractivity contribution in [3.05, 3.63) is 35.4 Å². The van der Waals surface area contributed by atoms with Crippen LogP contribution in [0.3, 0.4) is 0 Å². The second-order valence-corrected chi connectivity index (χ2v) is 4.56. The number of nitrogens with one attached hydrogen (secondary N) is 1. The van der Waals surface area contributed by atoms with Crippen molar-refractivity contribution in [1.29, 1.82) is 0 Å². The van der Waals surface area contributed by atoms with Crippen LogP contribution in [0.5, 0.6) is 0 Å². The topological polar surface area (TPSA) is 55.1 Å². The minimum Gasteiger partial charge on any atom is -0.348 e. The van der Waals surface area contributed by atoms with E-state index >= 15 is 0 Å². The van der Waals surface area contributed by atoms with Crippen molar-refractivity contribution in [3.63, 3.8) is 0 Å². The molecule has 2 atom stereocenters. The molecule has 0 saturated carbocycles. The number of hydrogen-bond donors (Lipinski definition) is 2. The minimum atomic E-state index is -4.95. The smallest absolute Gasteiger partial charge is 0.348 e. The summed E-state index contributed by atoms with van der Waals surface area (Å²) in [5, 5.41) is 1.96. The van der Waals surface area contributed by atoms with Gasteiger partial charge in [-0.15, -0.1) is 0 Å². The third-order valence-electron chi connectivity index (χ3n) is 2.84. The van der Waals surface area contributed by atoms with Crippen LogP contribution in [0.2, 0.25) is 0 Å². The standard InChI is InChI=1S/C12H13F5N2O/c1-6(8-4-3-7(13)5-9(8)14)19-10(20)11(2,18)12(15,16)17/h3-6H,18H2,1-2H3,(H,19,20). The third kappa shape index (κ3) is 3.24. The number of nitrogens with two attached hydrogens (primary N) is 1. The van der Waals surface area contributed by atoms with E-state index in [0.717, 1.165) is 12.1 Å². The van der Waals surface area contributed by atoms with Gasteiger partial charge in [0.1, 0.15) is 11.6 Å². The zero-order valence-corrected chi connectivity index (χ0v) is 10.7.